The Balaban J connectivity index is 2.17. The SMILES string of the molecule is CS(=O)(=O)N1CC(O)C(Oc2ncccc2[N+](=O)[O-])C1. The Labute approximate surface area is 115 Å². The van der Waals surface area contributed by atoms with Crippen LogP contribution in [-0.2, 0) is 10.0 Å². The first-order valence-electron chi connectivity index (χ1n) is 5.68. The summed E-state index contributed by atoms with van der Waals surface area (Å²) in [5.41, 5.74) is -0.336. The quantitative estimate of drug-likeness (QED) is 0.580. The summed E-state index contributed by atoms with van der Waals surface area (Å²) in [6, 6.07) is 2.61. The van der Waals surface area contributed by atoms with Crippen molar-refractivity contribution >= 4 is 15.7 Å². The molecule has 0 bridgehead atoms. The van der Waals surface area contributed by atoms with E-state index in [1.807, 2.05) is 0 Å². The van der Waals surface area contributed by atoms with E-state index in [2.05, 4.69) is 4.98 Å². The van der Waals surface area contributed by atoms with Gasteiger partial charge in [0.25, 0.3) is 5.88 Å². The highest BCUT2D eigenvalue weighted by atomic mass is 32.2. The fourth-order valence-electron chi connectivity index (χ4n) is 1.87. The second kappa shape index (κ2) is 5.31. The number of β-amino-alcohol motifs (C(OH)–C–C–N with tert-alkyl or cyclic N) is 1. The van der Waals surface area contributed by atoms with Crippen LogP contribution in [0.3, 0.4) is 0 Å². The minimum absolute atomic E-state index is 0.0757. The van der Waals surface area contributed by atoms with Crippen LogP contribution >= 0.6 is 0 Å². The van der Waals surface area contributed by atoms with Gasteiger partial charge < -0.3 is 9.84 Å². The van der Waals surface area contributed by atoms with Crippen LogP contribution in [0.15, 0.2) is 18.3 Å². The summed E-state index contributed by atoms with van der Waals surface area (Å²) >= 11 is 0. The number of rotatable bonds is 4. The molecule has 1 N–H and O–H groups in total. The second-order valence-electron chi connectivity index (χ2n) is 4.39. The van der Waals surface area contributed by atoms with E-state index in [0.29, 0.717) is 0 Å². The van der Waals surface area contributed by atoms with Gasteiger partial charge in [-0.1, -0.05) is 0 Å². The molecule has 0 radical (unpaired) electrons. The lowest BCUT2D eigenvalue weighted by Gasteiger charge is -2.15. The van der Waals surface area contributed by atoms with Crippen LogP contribution in [0.4, 0.5) is 5.69 Å². The molecule has 2 atom stereocenters. The number of aliphatic hydroxyl groups excluding tert-OH is 1. The number of hydrogen-bond acceptors (Lipinski definition) is 7. The number of ether oxygens (including phenoxy) is 1. The Morgan fingerprint density at radius 2 is 2.25 bits per heavy atom. The maximum absolute atomic E-state index is 11.4. The normalized spacial score (nSPS) is 23.7. The van der Waals surface area contributed by atoms with Crippen molar-refractivity contribution in [2.45, 2.75) is 12.2 Å². The van der Waals surface area contributed by atoms with Crippen molar-refractivity contribution in [2.75, 3.05) is 19.3 Å². The summed E-state index contributed by atoms with van der Waals surface area (Å²) in [6.45, 7) is -0.183. The lowest BCUT2D eigenvalue weighted by atomic mass is 10.2. The maximum Gasteiger partial charge on any atom is 0.330 e. The number of sulfonamides is 1. The van der Waals surface area contributed by atoms with E-state index < -0.39 is 27.2 Å². The molecule has 1 aromatic heterocycles. The lowest BCUT2D eigenvalue weighted by molar-refractivity contribution is -0.386. The van der Waals surface area contributed by atoms with Crippen LogP contribution in [0.1, 0.15) is 0 Å². The molecule has 1 fully saturated rings. The van der Waals surface area contributed by atoms with E-state index in [4.69, 9.17) is 4.74 Å². The van der Waals surface area contributed by atoms with Gasteiger partial charge in [-0.2, -0.15) is 4.31 Å². The van der Waals surface area contributed by atoms with Crippen LogP contribution < -0.4 is 4.74 Å². The van der Waals surface area contributed by atoms with E-state index in [1.54, 1.807) is 0 Å². The zero-order valence-corrected chi connectivity index (χ0v) is 11.4. The molecule has 1 aliphatic rings. The molecule has 1 aromatic rings. The molecular formula is C10H13N3O6S. The standard InChI is InChI=1S/C10H13N3O6S/c1-20(17,18)12-5-8(14)9(6-12)19-10-7(13(15)16)3-2-4-11-10/h2-4,8-9,14H,5-6H2,1H3. The lowest BCUT2D eigenvalue weighted by Crippen LogP contribution is -2.31. The van der Waals surface area contributed by atoms with Gasteiger partial charge >= 0.3 is 5.69 Å². The first-order chi connectivity index (χ1) is 9.29. The molecule has 0 aliphatic carbocycles. The number of nitrogens with zero attached hydrogens (tertiary/aromatic N) is 3. The molecule has 1 aliphatic heterocycles. The molecule has 9 nitrogen and oxygen atoms in total. The van der Waals surface area contributed by atoms with Gasteiger partial charge in [0.2, 0.25) is 10.0 Å². The predicted molar refractivity (Wildman–Crippen MR) is 67.7 cm³/mol. The van der Waals surface area contributed by atoms with Gasteiger partial charge in [0.05, 0.1) is 17.7 Å². The van der Waals surface area contributed by atoms with Crippen molar-refractivity contribution in [1.29, 1.82) is 0 Å². The Hall–Kier alpha value is -1.78. The molecule has 20 heavy (non-hydrogen) atoms. The summed E-state index contributed by atoms with van der Waals surface area (Å²) in [5.74, 6) is -0.239. The van der Waals surface area contributed by atoms with Crippen molar-refractivity contribution in [1.82, 2.24) is 9.29 Å². The second-order valence-corrected chi connectivity index (χ2v) is 6.37. The van der Waals surface area contributed by atoms with Gasteiger partial charge in [-0.15, -0.1) is 0 Å². The predicted octanol–water partition coefficient (Wildman–Crippen LogP) is -0.627. The smallest absolute Gasteiger partial charge is 0.330 e. The van der Waals surface area contributed by atoms with Crippen LogP contribution in [0.2, 0.25) is 0 Å². The van der Waals surface area contributed by atoms with Crippen molar-refractivity contribution in [2.24, 2.45) is 0 Å². The summed E-state index contributed by atoms with van der Waals surface area (Å²) in [5, 5.41) is 20.6. The topological polar surface area (TPSA) is 123 Å². The minimum Gasteiger partial charge on any atom is -0.465 e. The average Bonchev–Trinajstić information content (AvgIpc) is 2.71. The zero-order chi connectivity index (χ0) is 14.9. The van der Waals surface area contributed by atoms with Crippen LogP contribution in [0.25, 0.3) is 0 Å². The first kappa shape index (κ1) is 14.6. The molecule has 2 rings (SSSR count). The number of hydrogen-bond donors (Lipinski definition) is 1. The molecule has 0 spiro atoms. The van der Waals surface area contributed by atoms with E-state index in [-0.39, 0.29) is 24.7 Å². The molecule has 1 saturated heterocycles. The van der Waals surface area contributed by atoms with E-state index in [0.717, 1.165) is 10.6 Å². The van der Waals surface area contributed by atoms with Crippen molar-refractivity contribution in [3.8, 4) is 5.88 Å². The average molecular weight is 303 g/mol. The summed E-state index contributed by atoms with van der Waals surface area (Å²) in [6.07, 6.45) is 0.383. The van der Waals surface area contributed by atoms with Gasteiger partial charge in [0.15, 0.2) is 0 Å². The monoisotopic (exact) mass is 303 g/mol. The highest BCUT2D eigenvalue weighted by molar-refractivity contribution is 7.88. The number of nitro groups is 1. The van der Waals surface area contributed by atoms with Gasteiger partial charge in [-0.3, -0.25) is 10.1 Å². The molecule has 2 heterocycles. The van der Waals surface area contributed by atoms with Crippen molar-refractivity contribution < 1.29 is 23.2 Å². The van der Waals surface area contributed by atoms with Gasteiger partial charge in [-0.25, -0.2) is 13.4 Å². The van der Waals surface area contributed by atoms with Crippen molar-refractivity contribution in [3.63, 3.8) is 0 Å². The molecule has 0 saturated carbocycles. The highest BCUT2D eigenvalue weighted by Crippen LogP contribution is 2.26. The Kier molecular flexibility index (Phi) is 3.88. The molecule has 10 heteroatoms. The summed E-state index contributed by atoms with van der Waals surface area (Å²) < 4.78 is 29.1. The van der Waals surface area contributed by atoms with E-state index in [9.17, 15) is 23.6 Å². The van der Waals surface area contributed by atoms with E-state index in [1.165, 1.54) is 18.3 Å². The largest absolute Gasteiger partial charge is 0.465 e. The van der Waals surface area contributed by atoms with Crippen LogP contribution in [0, 0.1) is 10.1 Å². The molecule has 2 unspecified atom stereocenters. The molecule has 0 aromatic carbocycles. The number of pyridine rings is 1. The van der Waals surface area contributed by atoms with Crippen molar-refractivity contribution in [3.05, 3.63) is 28.4 Å². The van der Waals surface area contributed by atoms with Gasteiger partial charge in [-0.05, 0) is 6.07 Å². The van der Waals surface area contributed by atoms with Crippen LogP contribution in [0.5, 0.6) is 5.88 Å². The van der Waals surface area contributed by atoms with E-state index >= 15 is 0 Å². The summed E-state index contributed by atoms with van der Waals surface area (Å²) in [7, 11) is -3.45. The maximum atomic E-state index is 11.4. The fraction of sp³-hybridized carbons (Fsp3) is 0.500. The molecule has 110 valence electrons. The highest BCUT2D eigenvalue weighted by Gasteiger charge is 2.38. The number of aliphatic hydroxyl groups is 1. The first-order valence-corrected chi connectivity index (χ1v) is 7.53. The zero-order valence-electron chi connectivity index (χ0n) is 10.5. The minimum atomic E-state index is -3.45. The Bertz CT molecular complexity index is 619. The third-order valence-corrected chi connectivity index (χ3v) is 4.12. The van der Waals surface area contributed by atoms with Crippen LogP contribution in [-0.4, -0.2) is 59.3 Å². The third-order valence-electron chi connectivity index (χ3n) is 2.88. The molecular weight excluding hydrogens is 290 g/mol. The Morgan fingerprint density at radius 1 is 1.55 bits per heavy atom. The summed E-state index contributed by atoms with van der Waals surface area (Å²) in [4.78, 5) is 13.9. The fourth-order valence-corrected chi connectivity index (χ4v) is 2.71. The van der Waals surface area contributed by atoms with Gasteiger partial charge in [0.1, 0.15) is 12.2 Å². The number of aromatic nitrogens is 1. The van der Waals surface area contributed by atoms with Gasteiger partial charge in [0, 0.05) is 18.8 Å². The third kappa shape index (κ3) is 3.03. The Morgan fingerprint density at radius 3 is 2.80 bits per heavy atom. The molecule has 0 amide bonds.